The fraction of sp³-hybridized carbons (Fsp3) is 0.333. The molecule has 0 aliphatic carbocycles. The second-order valence-corrected chi connectivity index (χ2v) is 7.26. The van der Waals surface area contributed by atoms with E-state index in [2.05, 4.69) is 10.2 Å². The summed E-state index contributed by atoms with van der Waals surface area (Å²) < 4.78 is 11.4. The molecule has 5 nitrogen and oxygen atoms in total. The lowest BCUT2D eigenvalue weighted by molar-refractivity contribution is -0.118. The van der Waals surface area contributed by atoms with E-state index in [9.17, 15) is 4.79 Å². The summed E-state index contributed by atoms with van der Waals surface area (Å²) in [5, 5.41) is 3.38. The van der Waals surface area contributed by atoms with Crippen LogP contribution >= 0.6 is 23.8 Å². The first kappa shape index (κ1) is 20.4. The van der Waals surface area contributed by atoms with Gasteiger partial charge in [0.2, 0.25) is 0 Å². The first-order valence-corrected chi connectivity index (χ1v) is 10.1. The Morgan fingerprint density at radius 2 is 1.82 bits per heavy atom. The predicted molar refractivity (Wildman–Crippen MR) is 116 cm³/mol. The summed E-state index contributed by atoms with van der Waals surface area (Å²) in [6.07, 6.45) is 2.34. The number of nitrogens with zero attached hydrogens (tertiary/aromatic N) is 1. The van der Waals surface area contributed by atoms with Crippen molar-refractivity contribution < 1.29 is 14.3 Å². The number of thiocarbonyl (C=S) groups is 1. The van der Waals surface area contributed by atoms with Crippen molar-refractivity contribution >= 4 is 40.4 Å². The van der Waals surface area contributed by atoms with E-state index in [-0.39, 0.29) is 12.5 Å². The van der Waals surface area contributed by atoms with E-state index >= 15 is 0 Å². The highest BCUT2D eigenvalue weighted by atomic mass is 35.5. The zero-order valence-electron chi connectivity index (χ0n) is 15.7. The number of nitrogens with one attached hydrogen (secondary N) is 1. The third-order valence-electron chi connectivity index (χ3n) is 4.37. The van der Waals surface area contributed by atoms with Crippen molar-refractivity contribution in [2.24, 2.45) is 0 Å². The number of hydrogen-bond donors (Lipinski definition) is 1. The van der Waals surface area contributed by atoms with Crippen molar-refractivity contribution in [1.82, 2.24) is 4.90 Å². The van der Waals surface area contributed by atoms with Crippen LogP contribution in [0, 0.1) is 0 Å². The number of amides is 1. The summed E-state index contributed by atoms with van der Waals surface area (Å²) in [4.78, 5) is 15.2. The van der Waals surface area contributed by atoms with Gasteiger partial charge in [-0.05, 0) is 62.2 Å². The van der Waals surface area contributed by atoms with Gasteiger partial charge in [-0.3, -0.25) is 4.79 Å². The van der Waals surface area contributed by atoms with Crippen molar-refractivity contribution in [2.75, 3.05) is 31.6 Å². The monoisotopic (exact) mass is 418 g/mol. The minimum Gasteiger partial charge on any atom is -0.490 e. The fourth-order valence-corrected chi connectivity index (χ4v) is 3.44. The van der Waals surface area contributed by atoms with Crippen LogP contribution in [0.15, 0.2) is 42.5 Å². The first-order valence-electron chi connectivity index (χ1n) is 9.31. The Morgan fingerprint density at radius 1 is 1.11 bits per heavy atom. The molecule has 148 valence electrons. The number of benzene rings is 2. The zero-order chi connectivity index (χ0) is 19.9. The molecule has 28 heavy (non-hydrogen) atoms. The number of ether oxygens (including phenoxy) is 2. The molecule has 1 saturated heterocycles. The molecule has 0 radical (unpaired) electrons. The van der Waals surface area contributed by atoms with Gasteiger partial charge in [-0.15, -0.1) is 0 Å². The number of likely N-dealkylation sites (tertiary alicyclic amines) is 1. The van der Waals surface area contributed by atoms with Crippen molar-refractivity contribution in [3.05, 3.63) is 53.1 Å². The molecule has 0 atom stereocenters. The van der Waals surface area contributed by atoms with Crippen LogP contribution in [0.1, 0.15) is 25.3 Å². The van der Waals surface area contributed by atoms with Gasteiger partial charge in [0.15, 0.2) is 18.1 Å². The number of hydrogen-bond acceptors (Lipinski definition) is 4. The van der Waals surface area contributed by atoms with E-state index < -0.39 is 0 Å². The Balaban J connectivity index is 1.64. The number of rotatable bonds is 7. The summed E-state index contributed by atoms with van der Waals surface area (Å²) in [5.41, 5.74) is 1.59. The van der Waals surface area contributed by atoms with Gasteiger partial charge in [0.05, 0.1) is 6.61 Å². The van der Waals surface area contributed by atoms with Gasteiger partial charge < -0.3 is 19.7 Å². The number of halogens is 1. The molecule has 2 aromatic carbocycles. The normalized spacial score (nSPS) is 13.3. The maximum absolute atomic E-state index is 12.2. The van der Waals surface area contributed by atoms with Crippen LogP contribution in [-0.4, -0.2) is 42.1 Å². The highest BCUT2D eigenvalue weighted by Crippen LogP contribution is 2.30. The molecule has 1 N–H and O–H groups in total. The Hall–Kier alpha value is -2.31. The van der Waals surface area contributed by atoms with Gasteiger partial charge >= 0.3 is 0 Å². The molecule has 1 fully saturated rings. The van der Waals surface area contributed by atoms with E-state index in [1.165, 1.54) is 12.8 Å². The van der Waals surface area contributed by atoms with Crippen LogP contribution in [0.4, 0.5) is 5.69 Å². The highest BCUT2D eigenvalue weighted by molar-refractivity contribution is 7.80. The third kappa shape index (κ3) is 5.36. The quantitative estimate of drug-likeness (QED) is 0.669. The lowest BCUT2D eigenvalue weighted by atomic mass is 10.2. The Labute approximate surface area is 175 Å². The van der Waals surface area contributed by atoms with Crippen molar-refractivity contribution in [2.45, 2.75) is 19.8 Å². The molecule has 0 spiro atoms. The molecule has 0 unspecified atom stereocenters. The van der Waals surface area contributed by atoms with Gasteiger partial charge in [-0.25, -0.2) is 0 Å². The van der Waals surface area contributed by atoms with Crippen LogP contribution in [0.2, 0.25) is 5.02 Å². The number of carbonyl (C=O) groups is 1. The average molecular weight is 419 g/mol. The van der Waals surface area contributed by atoms with Crippen LogP contribution in [0.5, 0.6) is 11.5 Å². The predicted octanol–water partition coefficient (Wildman–Crippen LogP) is 4.53. The average Bonchev–Trinajstić information content (AvgIpc) is 3.23. The molecule has 3 rings (SSSR count). The summed E-state index contributed by atoms with van der Waals surface area (Å²) >= 11 is 11.5. The Bertz CT molecular complexity index is 836. The fourth-order valence-electron chi connectivity index (χ4n) is 3.01. The summed E-state index contributed by atoms with van der Waals surface area (Å²) in [7, 11) is 0. The molecule has 1 aliphatic heterocycles. The topological polar surface area (TPSA) is 50.8 Å². The van der Waals surface area contributed by atoms with Crippen LogP contribution < -0.4 is 14.8 Å². The molecule has 1 heterocycles. The zero-order valence-corrected chi connectivity index (χ0v) is 17.3. The third-order valence-corrected chi connectivity index (χ3v) is 5.12. The summed E-state index contributed by atoms with van der Waals surface area (Å²) in [5.74, 6) is 0.836. The van der Waals surface area contributed by atoms with E-state index in [0.717, 1.165) is 23.6 Å². The molecule has 2 aromatic rings. The lowest BCUT2D eigenvalue weighted by Gasteiger charge is -2.20. The van der Waals surface area contributed by atoms with Crippen LogP contribution in [0.25, 0.3) is 0 Å². The number of carbonyl (C=O) groups excluding carboxylic acids is 1. The van der Waals surface area contributed by atoms with Gasteiger partial charge in [0.25, 0.3) is 5.91 Å². The van der Waals surface area contributed by atoms with Crippen LogP contribution in [0.3, 0.4) is 0 Å². The standard InChI is InChI=1S/C21H23ClN2O3S/c1-2-26-19-13-15(21(28)24-11-3-4-12-24)5-10-18(19)27-14-20(25)23-17-8-6-16(22)7-9-17/h5-10,13H,2-4,11-12,14H2,1H3,(H,23,25). The van der Waals surface area contributed by atoms with Gasteiger partial charge in [0, 0.05) is 29.4 Å². The smallest absolute Gasteiger partial charge is 0.262 e. The molecule has 1 amide bonds. The molecule has 0 bridgehead atoms. The summed E-state index contributed by atoms with van der Waals surface area (Å²) in [6.45, 7) is 4.26. The first-order chi connectivity index (χ1) is 13.6. The maximum atomic E-state index is 12.2. The highest BCUT2D eigenvalue weighted by Gasteiger charge is 2.18. The molecule has 0 saturated carbocycles. The molecule has 1 aliphatic rings. The lowest BCUT2D eigenvalue weighted by Crippen LogP contribution is -2.26. The maximum Gasteiger partial charge on any atom is 0.262 e. The van der Waals surface area contributed by atoms with Gasteiger partial charge in [0.1, 0.15) is 4.99 Å². The van der Waals surface area contributed by atoms with E-state index in [4.69, 9.17) is 33.3 Å². The second kappa shape index (κ2) is 9.75. The van der Waals surface area contributed by atoms with E-state index in [0.29, 0.717) is 28.8 Å². The second-order valence-electron chi connectivity index (χ2n) is 6.44. The van der Waals surface area contributed by atoms with Gasteiger partial charge in [-0.2, -0.15) is 0 Å². The minimum atomic E-state index is -0.263. The largest absolute Gasteiger partial charge is 0.490 e. The molecule has 7 heteroatoms. The number of anilines is 1. The Morgan fingerprint density at radius 3 is 2.50 bits per heavy atom. The van der Waals surface area contributed by atoms with Crippen molar-refractivity contribution in [3.8, 4) is 11.5 Å². The molecular weight excluding hydrogens is 396 g/mol. The summed E-state index contributed by atoms with van der Waals surface area (Å²) in [6, 6.07) is 12.5. The van der Waals surface area contributed by atoms with E-state index in [1.54, 1.807) is 30.3 Å². The van der Waals surface area contributed by atoms with E-state index in [1.807, 2.05) is 19.1 Å². The van der Waals surface area contributed by atoms with Crippen molar-refractivity contribution in [3.63, 3.8) is 0 Å². The van der Waals surface area contributed by atoms with Gasteiger partial charge in [-0.1, -0.05) is 23.8 Å². The molecular formula is C21H23ClN2O3S. The van der Waals surface area contributed by atoms with Crippen LogP contribution in [-0.2, 0) is 4.79 Å². The minimum absolute atomic E-state index is 0.126. The molecule has 0 aromatic heterocycles. The van der Waals surface area contributed by atoms with Crippen molar-refractivity contribution in [1.29, 1.82) is 0 Å². The Kier molecular flexibility index (Phi) is 7.12. The SMILES string of the molecule is CCOc1cc(C(=S)N2CCCC2)ccc1OCC(=O)Nc1ccc(Cl)cc1.